The monoisotopic (exact) mass is 318 g/mol. The second-order valence-electron chi connectivity index (χ2n) is 4.84. The topological polar surface area (TPSA) is 64.0 Å². The van der Waals surface area contributed by atoms with Crippen LogP contribution in [0, 0.1) is 0 Å². The van der Waals surface area contributed by atoms with Crippen molar-refractivity contribution in [3.63, 3.8) is 0 Å². The summed E-state index contributed by atoms with van der Waals surface area (Å²) < 4.78 is 0. The van der Waals surface area contributed by atoms with Gasteiger partial charge in [0, 0.05) is 43.3 Å². The first kappa shape index (κ1) is 15.4. The number of nitrogens with zero attached hydrogens (tertiary/aromatic N) is 2. The van der Waals surface area contributed by atoms with Gasteiger partial charge in [-0.25, -0.2) is 0 Å². The summed E-state index contributed by atoms with van der Waals surface area (Å²) in [6.45, 7) is 3.51. The molecule has 2 N–H and O–H groups in total. The fraction of sp³-hybridized carbons (Fsp3) is 0.462. The molecule has 1 fully saturated rings. The Balaban J connectivity index is 1.94. The van der Waals surface area contributed by atoms with Gasteiger partial charge in [-0.15, -0.1) is 0 Å². The number of rotatable bonds is 4. The van der Waals surface area contributed by atoms with E-state index in [1.807, 2.05) is 4.90 Å². The van der Waals surface area contributed by atoms with Gasteiger partial charge in [0.25, 0.3) is 0 Å². The maximum atomic E-state index is 10.6. The lowest BCUT2D eigenvalue weighted by Crippen LogP contribution is -2.47. The highest BCUT2D eigenvalue weighted by Crippen LogP contribution is 2.32. The maximum absolute atomic E-state index is 10.6. The summed E-state index contributed by atoms with van der Waals surface area (Å²) in [4.78, 5) is 14.7. The molecule has 110 valence electrons. The molecule has 5 nitrogen and oxygen atoms in total. The predicted octanol–water partition coefficient (Wildman–Crippen LogP) is 1.90. The molecular formula is C13H16Cl2N2O3. The third-order valence-corrected chi connectivity index (χ3v) is 3.83. The zero-order valence-electron chi connectivity index (χ0n) is 10.9. The minimum atomic E-state index is -0.808. The van der Waals surface area contributed by atoms with Gasteiger partial charge in [0.05, 0.1) is 11.6 Å². The molecule has 0 aliphatic carbocycles. The molecule has 0 atom stereocenters. The van der Waals surface area contributed by atoms with Gasteiger partial charge in [-0.1, -0.05) is 23.2 Å². The highest BCUT2D eigenvalue weighted by Gasteiger charge is 2.20. The predicted molar refractivity (Wildman–Crippen MR) is 77.5 cm³/mol. The number of carboxylic acids is 1. The Labute approximate surface area is 127 Å². The third-order valence-electron chi connectivity index (χ3n) is 3.32. The Hall–Kier alpha value is -1.01. The van der Waals surface area contributed by atoms with Crippen LogP contribution in [0.4, 0.5) is 0 Å². The lowest BCUT2D eigenvalue weighted by atomic mass is 10.1. The van der Waals surface area contributed by atoms with Gasteiger partial charge < -0.3 is 10.2 Å². The van der Waals surface area contributed by atoms with E-state index in [4.69, 9.17) is 28.3 Å². The van der Waals surface area contributed by atoms with Crippen molar-refractivity contribution in [3.05, 3.63) is 27.7 Å². The number of phenolic OH excluding ortho intramolecular Hbond substituents is 1. The largest absolute Gasteiger partial charge is 0.506 e. The Bertz CT molecular complexity index is 503. The number of phenols is 1. The minimum absolute atomic E-state index is 0.0593. The van der Waals surface area contributed by atoms with Crippen molar-refractivity contribution in [2.45, 2.75) is 6.54 Å². The number of aromatic hydroxyl groups is 1. The van der Waals surface area contributed by atoms with Crippen molar-refractivity contribution in [2.75, 3.05) is 32.7 Å². The van der Waals surface area contributed by atoms with Crippen LogP contribution < -0.4 is 0 Å². The average molecular weight is 319 g/mol. The van der Waals surface area contributed by atoms with Crippen molar-refractivity contribution in [3.8, 4) is 5.75 Å². The Kier molecular flexibility index (Phi) is 5.10. The molecule has 7 heteroatoms. The fourth-order valence-electron chi connectivity index (χ4n) is 2.28. The number of halogens is 2. The quantitative estimate of drug-likeness (QED) is 0.887. The van der Waals surface area contributed by atoms with E-state index < -0.39 is 5.97 Å². The van der Waals surface area contributed by atoms with Crippen LogP contribution in [-0.4, -0.2) is 58.7 Å². The molecule has 1 aromatic carbocycles. The molecule has 1 saturated heterocycles. The first-order valence-electron chi connectivity index (χ1n) is 6.29. The minimum Gasteiger partial charge on any atom is -0.506 e. The highest BCUT2D eigenvalue weighted by atomic mass is 35.5. The summed E-state index contributed by atoms with van der Waals surface area (Å²) >= 11 is 11.8. The molecule has 0 unspecified atom stereocenters. The van der Waals surface area contributed by atoms with Crippen LogP contribution in [0.15, 0.2) is 12.1 Å². The Morgan fingerprint density at radius 1 is 1.15 bits per heavy atom. The van der Waals surface area contributed by atoms with E-state index in [1.54, 1.807) is 6.07 Å². The maximum Gasteiger partial charge on any atom is 0.317 e. The lowest BCUT2D eigenvalue weighted by molar-refractivity contribution is -0.138. The molecule has 0 radical (unpaired) electrons. The van der Waals surface area contributed by atoms with E-state index in [1.165, 1.54) is 6.07 Å². The van der Waals surface area contributed by atoms with Crippen LogP contribution in [0.2, 0.25) is 10.0 Å². The van der Waals surface area contributed by atoms with Gasteiger partial charge in [0.1, 0.15) is 5.75 Å². The zero-order valence-corrected chi connectivity index (χ0v) is 12.4. The number of carboxylic acid groups (broad SMARTS) is 1. The van der Waals surface area contributed by atoms with Crippen molar-refractivity contribution in [2.24, 2.45) is 0 Å². The first-order chi connectivity index (χ1) is 9.45. The van der Waals surface area contributed by atoms with Gasteiger partial charge in [-0.3, -0.25) is 14.6 Å². The molecule has 2 rings (SSSR count). The van der Waals surface area contributed by atoms with E-state index in [9.17, 15) is 9.90 Å². The molecule has 0 aromatic heterocycles. The molecule has 1 aliphatic rings. The number of carbonyl (C=O) groups is 1. The van der Waals surface area contributed by atoms with Gasteiger partial charge in [-0.2, -0.15) is 0 Å². The number of benzene rings is 1. The van der Waals surface area contributed by atoms with Crippen molar-refractivity contribution in [1.82, 2.24) is 9.80 Å². The van der Waals surface area contributed by atoms with Crippen LogP contribution in [0.5, 0.6) is 5.75 Å². The van der Waals surface area contributed by atoms with Crippen LogP contribution in [-0.2, 0) is 11.3 Å². The normalized spacial score (nSPS) is 17.3. The SMILES string of the molecule is O=C(O)CN1CCN(Cc2cc(Cl)cc(Cl)c2O)CC1. The first-order valence-corrected chi connectivity index (χ1v) is 7.04. The lowest BCUT2D eigenvalue weighted by Gasteiger charge is -2.33. The van der Waals surface area contributed by atoms with E-state index in [0.29, 0.717) is 30.2 Å². The van der Waals surface area contributed by atoms with Crippen molar-refractivity contribution >= 4 is 29.2 Å². The molecule has 0 amide bonds. The summed E-state index contributed by atoms with van der Waals surface area (Å²) in [6.07, 6.45) is 0. The number of aliphatic carboxylic acids is 1. The summed E-state index contributed by atoms with van der Waals surface area (Å²) in [5.74, 6) is -0.748. The van der Waals surface area contributed by atoms with Crippen LogP contribution >= 0.6 is 23.2 Å². The molecule has 1 aromatic rings. The molecule has 20 heavy (non-hydrogen) atoms. The van der Waals surface area contributed by atoms with Crippen molar-refractivity contribution < 1.29 is 15.0 Å². The second-order valence-corrected chi connectivity index (χ2v) is 5.69. The standard InChI is InChI=1S/C13H16Cl2N2O3/c14-10-5-9(13(20)11(15)6-10)7-16-1-3-17(4-2-16)8-12(18)19/h5-6,20H,1-4,7-8H2,(H,18,19). The zero-order chi connectivity index (χ0) is 14.7. The summed E-state index contributed by atoms with van der Waals surface area (Å²) in [5, 5.41) is 19.4. The van der Waals surface area contributed by atoms with Crippen LogP contribution in [0.3, 0.4) is 0 Å². The van der Waals surface area contributed by atoms with Crippen molar-refractivity contribution in [1.29, 1.82) is 0 Å². The molecule has 0 saturated carbocycles. The number of piperazine rings is 1. The smallest absolute Gasteiger partial charge is 0.317 e. The second kappa shape index (κ2) is 6.63. The Morgan fingerprint density at radius 3 is 2.35 bits per heavy atom. The van der Waals surface area contributed by atoms with Crippen LogP contribution in [0.1, 0.15) is 5.56 Å². The fourth-order valence-corrected chi connectivity index (χ4v) is 2.81. The summed E-state index contributed by atoms with van der Waals surface area (Å²) in [5.41, 5.74) is 0.689. The number of hydrogen-bond donors (Lipinski definition) is 2. The molecular weight excluding hydrogens is 303 g/mol. The van der Waals surface area contributed by atoms with Gasteiger partial charge >= 0.3 is 5.97 Å². The highest BCUT2D eigenvalue weighted by molar-refractivity contribution is 6.35. The van der Waals surface area contributed by atoms with E-state index in [0.717, 1.165) is 13.1 Å². The molecule has 1 aliphatic heterocycles. The van der Waals surface area contributed by atoms with E-state index >= 15 is 0 Å². The number of hydrogen-bond acceptors (Lipinski definition) is 4. The van der Waals surface area contributed by atoms with E-state index in [2.05, 4.69) is 4.90 Å². The molecule has 0 spiro atoms. The molecule has 1 heterocycles. The Morgan fingerprint density at radius 2 is 1.75 bits per heavy atom. The molecule has 0 bridgehead atoms. The third kappa shape index (κ3) is 3.99. The van der Waals surface area contributed by atoms with Gasteiger partial charge in [0.15, 0.2) is 0 Å². The summed E-state index contributed by atoms with van der Waals surface area (Å²) in [6, 6.07) is 3.21. The average Bonchev–Trinajstić information content (AvgIpc) is 2.37. The van der Waals surface area contributed by atoms with Crippen LogP contribution in [0.25, 0.3) is 0 Å². The summed E-state index contributed by atoms with van der Waals surface area (Å²) in [7, 11) is 0. The van der Waals surface area contributed by atoms with Gasteiger partial charge in [-0.05, 0) is 12.1 Å². The van der Waals surface area contributed by atoms with E-state index in [-0.39, 0.29) is 17.3 Å². The van der Waals surface area contributed by atoms with Gasteiger partial charge in [0.2, 0.25) is 0 Å².